The normalized spacial score (nSPS) is 19.9. The second-order valence-electron chi connectivity index (χ2n) is 7.80. The van der Waals surface area contributed by atoms with E-state index in [0.29, 0.717) is 26.1 Å². The Bertz CT molecular complexity index is 872. The van der Waals surface area contributed by atoms with Crippen LogP contribution in [0, 0.1) is 11.8 Å². The van der Waals surface area contributed by atoms with Gasteiger partial charge in [-0.25, -0.2) is 4.98 Å². The van der Waals surface area contributed by atoms with E-state index >= 15 is 0 Å². The number of carbonyl (C=O) groups excluding carboxylic acids is 1. The molecule has 7 nitrogen and oxygen atoms in total. The number of hydrogen-bond acceptors (Lipinski definition) is 5. The Morgan fingerprint density at radius 3 is 2.84 bits per heavy atom. The second kappa shape index (κ2) is 10.1. The Labute approximate surface area is 178 Å². The highest BCUT2D eigenvalue weighted by Gasteiger charge is 2.33. The maximum absolute atomic E-state index is 12.9. The molecule has 1 amide bonds. The Kier molecular flexibility index (Phi) is 7.55. The van der Waals surface area contributed by atoms with E-state index in [4.69, 9.17) is 9.84 Å². The molecule has 1 aliphatic heterocycles. The molecule has 0 radical (unpaired) electrons. The molecule has 1 saturated heterocycles. The van der Waals surface area contributed by atoms with Crippen LogP contribution in [0.3, 0.4) is 0 Å². The summed E-state index contributed by atoms with van der Waals surface area (Å²) in [5.74, 6) is 0.498. The summed E-state index contributed by atoms with van der Waals surface area (Å²) in [5, 5.41) is 11.7. The molecular weight excluding hydrogens is 413 g/mol. The van der Waals surface area contributed by atoms with Gasteiger partial charge in [-0.05, 0) is 24.6 Å². The Hall–Kier alpha value is -2.59. The first-order valence-electron chi connectivity index (χ1n) is 10.1. The molecule has 0 unspecified atom stereocenters. The molecule has 0 bridgehead atoms. The number of piperidine rings is 1. The lowest BCUT2D eigenvalue weighted by Crippen LogP contribution is -2.47. The fourth-order valence-electron chi connectivity index (χ4n) is 3.79. The van der Waals surface area contributed by atoms with E-state index in [9.17, 15) is 18.0 Å². The molecule has 1 aliphatic rings. The number of nitrogens with zero attached hydrogens (tertiary/aromatic N) is 3. The lowest BCUT2D eigenvalue weighted by molar-refractivity contribution is -0.137. The van der Waals surface area contributed by atoms with E-state index in [1.165, 1.54) is 12.1 Å². The molecule has 2 heterocycles. The number of aliphatic hydroxyl groups excluding tert-OH is 1. The van der Waals surface area contributed by atoms with E-state index in [0.717, 1.165) is 18.0 Å². The molecule has 0 aliphatic carbocycles. The number of aromatic nitrogens is 2. The molecule has 1 aromatic heterocycles. The van der Waals surface area contributed by atoms with Gasteiger partial charge in [-0.2, -0.15) is 13.2 Å². The molecule has 10 heteroatoms. The fourth-order valence-corrected chi connectivity index (χ4v) is 3.79. The molecule has 0 saturated carbocycles. The van der Waals surface area contributed by atoms with Crippen molar-refractivity contribution in [2.45, 2.75) is 19.1 Å². The minimum absolute atomic E-state index is 0.0477. The quantitative estimate of drug-likeness (QED) is 0.657. The number of hydrogen-bond donors (Lipinski definition) is 2. The van der Waals surface area contributed by atoms with Crippen molar-refractivity contribution in [2.75, 3.05) is 32.8 Å². The van der Waals surface area contributed by atoms with Gasteiger partial charge >= 0.3 is 6.18 Å². The van der Waals surface area contributed by atoms with Crippen LogP contribution < -0.4 is 10.1 Å². The summed E-state index contributed by atoms with van der Waals surface area (Å²) in [4.78, 5) is 18.9. The van der Waals surface area contributed by atoms with Crippen LogP contribution in [0.4, 0.5) is 13.2 Å². The minimum atomic E-state index is -4.43. The lowest BCUT2D eigenvalue weighted by atomic mass is 9.89. The van der Waals surface area contributed by atoms with Gasteiger partial charge in [0.05, 0.1) is 31.2 Å². The van der Waals surface area contributed by atoms with Crippen molar-refractivity contribution in [3.05, 3.63) is 48.0 Å². The largest absolute Gasteiger partial charge is 0.493 e. The first kappa shape index (κ1) is 23.1. The van der Waals surface area contributed by atoms with Gasteiger partial charge in [-0.15, -0.1) is 0 Å². The van der Waals surface area contributed by atoms with Crippen LogP contribution in [-0.4, -0.2) is 58.3 Å². The number of likely N-dealkylation sites (tertiary alicyclic amines) is 1. The van der Waals surface area contributed by atoms with Crippen molar-refractivity contribution in [3.8, 4) is 5.75 Å². The third-order valence-corrected chi connectivity index (χ3v) is 5.33. The molecule has 0 spiro atoms. The van der Waals surface area contributed by atoms with E-state index in [1.807, 2.05) is 17.8 Å². The Morgan fingerprint density at radius 2 is 2.16 bits per heavy atom. The van der Waals surface area contributed by atoms with Crippen molar-refractivity contribution < 1.29 is 27.8 Å². The van der Waals surface area contributed by atoms with Crippen LogP contribution in [-0.2, 0) is 24.6 Å². The summed E-state index contributed by atoms with van der Waals surface area (Å²) in [5.41, 5.74) is -0.758. The number of nitrogens with one attached hydrogen (secondary N) is 1. The number of aliphatic hydroxyl groups is 1. The summed E-state index contributed by atoms with van der Waals surface area (Å²) in [6.45, 7) is 1.95. The van der Waals surface area contributed by atoms with E-state index in [2.05, 4.69) is 15.2 Å². The van der Waals surface area contributed by atoms with Gasteiger partial charge < -0.3 is 19.7 Å². The zero-order valence-corrected chi connectivity index (χ0v) is 17.3. The first-order chi connectivity index (χ1) is 14.8. The summed E-state index contributed by atoms with van der Waals surface area (Å²) in [6.07, 6.45) is -0.329. The Morgan fingerprint density at radius 1 is 1.35 bits per heavy atom. The number of alkyl halides is 3. The third-order valence-electron chi connectivity index (χ3n) is 5.33. The molecule has 2 atom stereocenters. The van der Waals surface area contributed by atoms with Gasteiger partial charge in [0.1, 0.15) is 11.6 Å². The predicted molar refractivity (Wildman–Crippen MR) is 107 cm³/mol. The zero-order chi connectivity index (χ0) is 22.4. The monoisotopic (exact) mass is 440 g/mol. The molecule has 1 aromatic carbocycles. The minimum Gasteiger partial charge on any atom is -0.493 e. The molecule has 3 rings (SSSR count). The van der Waals surface area contributed by atoms with Crippen LogP contribution in [0.15, 0.2) is 36.7 Å². The average molecular weight is 440 g/mol. The number of rotatable bonds is 8. The number of aryl methyl sites for hydroxylation is 1. The molecule has 170 valence electrons. The number of carbonyl (C=O) groups is 1. The molecule has 2 aromatic rings. The van der Waals surface area contributed by atoms with Crippen LogP contribution in [0.5, 0.6) is 5.75 Å². The maximum Gasteiger partial charge on any atom is 0.416 e. The van der Waals surface area contributed by atoms with Crippen molar-refractivity contribution in [3.63, 3.8) is 0 Å². The molecular formula is C21H27F3N4O3. The van der Waals surface area contributed by atoms with Crippen LogP contribution >= 0.6 is 0 Å². The number of amides is 1. The fraction of sp³-hybridized carbons (Fsp3) is 0.524. The third kappa shape index (κ3) is 6.44. The van der Waals surface area contributed by atoms with Crippen molar-refractivity contribution in [1.82, 2.24) is 19.8 Å². The van der Waals surface area contributed by atoms with Gasteiger partial charge in [0, 0.05) is 45.0 Å². The van der Waals surface area contributed by atoms with Gasteiger partial charge in [-0.3, -0.25) is 9.69 Å². The van der Waals surface area contributed by atoms with Crippen molar-refractivity contribution in [1.29, 1.82) is 0 Å². The van der Waals surface area contributed by atoms with Gasteiger partial charge in [0.15, 0.2) is 0 Å². The van der Waals surface area contributed by atoms with Gasteiger partial charge in [0.25, 0.3) is 0 Å². The topological polar surface area (TPSA) is 79.6 Å². The average Bonchev–Trinajstić information content (AvgIpc) is 3.14. The van der Waals surface area contributed by atoms with Crippen LogP contribution in [0.25, 0.3) is 0 Å². The number of halogens is 3. The predicted octanol–water partition coefficient (Wildman–Crippen LogP) is 2.06. The van der Waals surface area contributed by atoms with Crippen LogP contribution in [0.1, 0.15) is 17.8 Å². The van der Waals surface area contributed by atoms with Crippen molar-refractivity contribution in [2.24, 2.45) is 18.9 Å². The maximum atomic E-state index is 12.9. The summed E-state index contributed by atoms with van der Waals surface area (Å²) >= 11 is 0. The molecule has 31 heavy (non-hydrogen) atoms. The van der Waals surface area contributed by atoms with E-state index in [-0.39, 0.29) is 43.3 Å². The summed E-state index contributed by atoms with van der Waals surface area (Å²) in [7, 11) is 1.89. The standard InChI is InChI=1S/C21H27F3N4O3/c1-27-7-5-25-19(27)13-28-11-15(9-16(12-28)20(30)26-6-8-29)14-31-18-4-2-3-17(10-18)21(22,23)24/h2-5,7,10,15-16,29H,6,8-9,11-14H2,1H3,(H,26,30)/t15-,16+/m0/s1. The number of ether oxygens (including phenoxy) is 1. The van der Waals surface area contributed by atoms with Gasteiger partial charge in [0.2, 0.25) is 5.91 Å². The van der Waals surface area contributed by atoms with E-state index in [1.54, 1.807) is 6.20 Å². The number of benzene rings is 1. The summed E-state index contributed by atoms with van der Waals surface area (Å²) < 4.78 is 46.4. The van der Waals surface area contributed by atoms with Crippen molar-refractivity contribution >= 4 is 5.91 Å². The first-order valence-corrected chi connectivity index (χ1v) is 10.1. The second-order valence-corrected chi connectivity index (χ2v) is 7.80. The zero-order valence-electron chi connectivity index (χ0n) is 17.3. The highest BCUT2D eigenvalue weighted by Crippen LogP contribution is 2.32. The van der Waals surface area contributed by atoms with E-state index < -0.39 is 11.7 Å². The Balaban J connectivity index is 1.67. The lowest BCUT2D eigenvalue weighted by Gasteiger charge is -2.36. The SMILES string of the molecule is Cn1ccnc1CN1C[C@@H](COc2cccc(C(F)(F)F)c2)C[C@@H](C(=O)NCCO)C1. The molecule has 2 N–H and O–H groups in total. The smallest absolute Gasteiger partial charge is 0.416 e. The van der Waals surface area contributed by atoms with Gasteiger partial charge in [-0.1, -0.05) is 6.07 Å². The summed E-state index contributed by atoms with van der Waals surface area (Å²) in [6, 6.07) is 4.80. The van der Waals surface area contributed by atoms with Crippen LogP contribution in [0.2, 0.25) is 0 Å². The number of imidazole rings is 1. The molecule has 1 fully saturated rings. The highest BCUT2D eigenvalue weighted by molar-refractivity contribution is 5.79. The highest BCUT2D eigenvalue weighted by atomic mass is 19.4.